The highest BCUT2D eigenvalue weighted by Gasteiger charge is 2.17. The van der Waals surface area contributed by atoms with Gasteiger partial charge in [0.1, 0.15) is 5.82 Å². The molecule has 0 aliphatic heterocycles. The molecule has 2 unspecified atom stereocenters. The summed E-state index contributed by atoms with van der Waals surface area (Å²) in [5.74, 6) is -0.265. The Bertz CT molecular complexity index is 545. The number of pyridine rings is 1. The predicted octanol–water partition coefficient (Wildman–Crippen LogP) is 3.26. The molecule has 0 amide bonds. The first-order valence-electron chi connectivity index (χ1n) is 7.18. The summed E-state index contributed by atoms with van der Waals surface area (Å²) in [6.45, 7) is 2.46. The molecule has 2 N–H and O–H groups in total. The number of benzene rings is 1. The van der Waals surface area contributed by atoms with E-state index in [0.717, 1.165) is 18.4 Å². The van der Waals surface area contributed by atoms with Crippen LogP contribution >= 0.6 is 0 Å². The normalized spacial score (nSPS) is 13.9. The van der Waals surface area contributed by atoms with Crippen molar-refractivity contribution in [3.8, 4) is 0 Å². The van der Waals surface area contributed by atoms with Gasteiger partial charge in [-0.25, -0.2) is 4.39 Å². The van der Waals surface area contributed by atoms with Gasteiger partial charge in [-0.05, 0) is 55.2 Å². The van der Waals surface area contributed by atoms with Crippen LogP contribution in [0, 0.1) is 5.82 Å². The SMILES string of the molecule is CC(N)C(OCCCc1ccncc1)c1cccc(F)c1. The number of nitrogens with two attached hydrogens (primary N) is 1. The number of aryl methyl sites for hydroxylation is 1. The van der Waals surface area contributed by atoms with Crippen molar-refractivity contribution in [2.75, 3.05) is 6.61 Å². The zero-order chi connectivity index (χ0) is 15.1. The van der Waals surface area contributed by atoms with Gasteiger partial charge in [-0.1, -0.05) is 12.1 Å². The maximum Gasteiger partial charge on any atom is 0.123 e. The highest BCUT2D eigenvalue weighted by molar-refractivity contribution is 5.20. The summed E-state index contributed by atoms with van der Waals surface area (Å²) in [7, 11) is 0. The molecule has 2 atom stereocenters. The Balaban J connectivity index is 1.86. The van der Waals surface area contributed by atoms with Crippen molar-refractivity contribution in [3.63, 3.8) is 0 Å². The van der Waals surface area contributed by atoms with Crippen LogP contribution in [-0.2, 0) is 11.2 Å². The minimum atomic E-state index is -0.279. The van der Waals surface area contributed by atoms with Crippen LogP contribution in [0.3, 0.4) is 0 Å². The van der Waals surface area contributed by atoms with Crippen LogP contribution in [0.1, 0.15) is 30.6 Å². The monoisotopic (exact) mass is 288 g/mol. The Labute approximate surface area is 125 Å². The number of hydrogen-bond donors (Lipinski definition) is 1. The fraction of sp³-hybridized carbons (Fsp3) is 0.353. The molecule has 0 aliphatic carbocycles. The van der Waals surface area contributed by atoms with Gasteiger partial charge in [-0.15, -0.1) is 0 Å². The summed E-state index contributed by atoms with van der Waals surface area (Å²) in [5.41, 5.74) is 7.98. The Kier molecular flexibility index (Phi) is 5.84. The van der Waals surface area contributed by atoms with E-state index in [1.54, 1.807) is 18.5 Å². The highest BCUT2D eigenvalue weighted by atomic mass is 19.1. The fourth-order valence-electron chi connectivity index (χ4n) is 2.27. The van der Waals surface area contributed by atoms with Crippen LogP contribution in [0.15, 0.2) is 48.8 Å². The lowest BCUT2D eigenvalue weighted by Crippen LogP contribution is -2.27. The molecule has 2 rings (SSSR count). The second kappa shape index (κ2) is 7.86. The molecule has 0 saturated carbocycles. The second-order valence-electron chi connectivity index (χ2n) is 5.16. The fourth-order valence-corrected chi connectivity index (χ4v) is 2.27. The Hall–Kier alpha value is -1.78. The van der Waals surface area contributed by atoms with E-state index < -0.39 is 0 Å². The molecule has 1 aromatic carbocycles. The summed E-state index contributed by atoms with van der Waals surface area (Å²) in [6, 6.07) is 10.2. The van der Waals surface area contributed by atoms with Crippen LogP contribution in [0.2, 0.25) is 0 Å². The topological polar surface area (TPSA) is 48.1 Å². The van der Waals surface area contributed by atoms with Crippen molar-refractivity contribution >= 4 is 0 Å². The van der Waals surface area contributed by atoms with Crippen molar-refractivity contribution < 1.29 is 9.13 Å². The molecular weight excluding hydrogens is 267 g/mol. The summed E-state index contributed by atoms with van der Waals surface area (Å²) in [4.78, 5) is 3.99. The van der Waals surface area contributed by atoms with Crippen LogP contribution in [0.4, 0.5) is 4.39 Å². The second-order valence-corrected chi connectivity index (χ2v) is 5.16. The lowest BCUT2D eigenvalue weighted by molar-refractivity contribution is 0.0368. The molecule has 0 bridgehead atoms. The zero-order valence-corrected chi connectivity index (χ0v) is 12.2. The molecule has 3 nitrogen and oxygen atoms in total. The minimum Gasteiger partial charge on any atom is -0.372 e. The van der Waals surface area contributed by atoms with Gasteiger partial charge in [0.15, 0.2) is 0 Å². The van der Waals surface area contributed by atoms with Crippen LogP contribution in [0.25, 0.3) is 0 Å². The van der Waals surface area contributed by atoms with E-state index in [4.69, 9.17) is 10.5 Å². The molecule has 4 heteroatoms. The molecular formula is C17H21FN2O. The van der Waals surface area contributed by atoms with Gasteiger partial charge in [0.2, 0.25) is 0 Å². The molecule has 21 heavy (non-hydrogen) atoms. The number of hydrogen-bond acceptors (Lipinski definition) is 3. The van der Waals surface area contributed by atoms with Gasteiger partial charge in [-0.3, -0.25) is 4.98 Å². The molecule has 112 valence electrons. The molecule has 1 heterocycles. The van der Waals surface area contributed by atoms with Gasteiger partial charge < -0.3 is 10.5 Å². The summed E-state index contributed by atoms with van der Waals surface area (Å²) in [5, 5.41) is 0. The number of aromatic nitrogens is 1. The molecule has 2 aromatic rings. The maximum atomic E-state index is 13.3. The highest BCUT2D eigenvalue weighted by Crippen LogP contribution is 2.21. The van der Waals surface area contributed by atoms with Crippen LogP contribution < -0.4 is 5.73 Å². The molecule has 1 aromatic heterocycles. The Morgan fingerprint density at radius 1 is 1.24 bits per heavy atom. The average Bonchev–Trinajstić information content (AvgIpc) is 2.48. The molecule has 0 aliphatic rings. The third-order valence-electron chi connectivity index (χ3n) is 3.31. The van der Waals surface area contributed by atoms with E-state index in [2.05, 4.69) is 4.98 Å². The first-order chi connectivity index (χ1) is 10.2. The summed E-state index contributed by atoms with van der Waals surface area (Å²) < 4.78 is 19.2. The van der Waals surface area contributed by atoms with E-state index in [1.807, 2.05) is 25.1 Å². The third kappa shape index (κ3) is 4.92. The van der Waals surface area contributed by atoms with E-state index in [9.17, 15) is 4.39 Å². The minimum absolute atomic E-state index is 0.187. The lowest BCUT2D eigenvalue weighted by Gasteiger charge is -2.22. The van der Waals surface area contributed by atoms with Crippen molar-refractivity contribution in [3.05, 3.63) is 65.7 Å². The number of rotatable bonds is 7. The van der Waals surface area contributed by atoms with E-state index in [0.29, 0.717) is 6.61 Å². The van der Waals surface area contributed by atoms with E-state index in [-0.39, 0.29) is 18.0 Å². The van der Waals surface area contributed by atoms with Gasteiger partial charge in [0.05, 0.1) is 6.10 Å². The predicted molar refractivity (Wildman–Crippen MR) is 81.3 cm³/mol. The first kappa shape index (κ1) is 15.6. The van der Waals surface area contributed by atoms with Crippen LogP contribution in [0.5, 0.6) is 0 Å². The van der Waals surface area contributed by atoms with E-state index in [1.165, 1.54) is 17.7 Å². The first-order valence-corrected chi connectivity index (χ1v) is 7.18. The van der Waals surface area contributed by atoms with Gasteiger partial charge in [0, 0.05) is 25.0 Å². The van der Waals surface area contributed by atoms with Crippen molar-refractivity contribution in [2.45, 2.75) is 31.9 Å². The average molecular weight is 288 g/mol. The Morgan fingerprint density at radius 3 is 2.67 bits per heavy atom. The van der Waals surface area contributed by atoms with Gasteiger partial charge >= 0.3 is 0 Å². The zero-order valence-electron chi connectivity index (χ0n) is 12.2. The smallest absolute Gasteiger partial charge is 0.123 e. The standard InChI is InChI=1S/C17H21FN2O/c1-13(19)17(15-5-2-6-16(18)12-15)21-11-3-4-14-7-9-20-10-8-14/h2,5-10,12-13,17H,3-4,11,19H2,1H3. The van der Waals surface area contributed by atoms with Crippen LogP contribution in [-0.4, -0.2) is 17.6 Å². The third-order valence-corrected chi connectivity index (χ3v) is 3.31. The van der Waals surface area contributed by atoms with Crippen molar-refractivity contribution in [2.24, 2.45) is 5.73 Å². The Morgan fingerprint density at radius 2 is 2.00 bits per heavy atom. The quantitative estimate of drug-likeness (QED) is 0.796. The molecule has 0 spiro atoms. The molecule has 0 radical (unpaired) electrons. The summed E-state index contributed by atoms with van der Waals surface area (Å²) >= 11 is 0. The van der Waals surface area contributed by atoms with Gasteiger partial charge in [-0.2, -0.15) is 0 Å². The van der Waals surface area contributed by atoms with Crippen molar-refractivity contribution in [1.29, 1.82) is 0 Å². The maximum absolute atomic E-state index is 13.3. The molecule has 0 fully saturated rings. The molecule has 0 saturated heterocycles. The van der Waals surface area contributed by atoms with Gasteiger partial charge in [0.25, 0.3) is 0 Å². The van der Waals surface area contributed by atoms with Crippen molar-refractivity contribution in [1.82, 2.24) is 4.98 Å². The lowest BCUT2D eigenvalue weighted by atomic mass is 10.0. The summed E-state index contributed by atoms with van der Waals surface area (Å²) in [6.07, 6.45) is 5.11. The number of ether oxygens (including phenoxy) is 1. The van der Waals surface area contributed by atoms with E-state index >= 15 is 0 Å². The largest absolute Gasteiger partial charge is 0.372 e. The number of halogens is 1. The number of nitrogens with zero attached hydrogens (tertiary/aromatic N) is 1.